The summed E-state index contributed by atoms with van der Waals surface area (Å²) in [6.07, 6.45) is 0. The van der Waals surface area contributed by atoms with Gasteiger partial charge in [0, 0.05) is 43.6 Å². The van der Waals surface area contributed by atoms with Gasteiger partial charge in [0.2, 0.25) is 5.95 Å². The molecule has 0 spiro atoms. The average molecular weight is 677 g/mol. The van der Waals surface area contributed by atoms with Crippen LogP contribution in [-0.4, -0.2) is 19.1 Å². The lowest BCUT2D eigenvalue weighted by Crippen LogP contribution is -2.04. The van der Waals surface area contributed by atoms with Gasteiger partial charge in [-0.1, -0.05) is 115 Å². The maximum absolute atomic E-state index is 6.51. The molecule has 4 aromatic heterocycles. The van der Waals surface area contributed by atoms with Crippen molar-refractivity contribution in [3.8, 4) is 22.9 Å². The molecule has 12 aromatic rings. The Morgan fingerprint density at radius 3 is 2.00 bits per heavy atom. The van der Waals surface area contributed by atoms with Gasteiger partial charge in [-0.3, -0.25) is 4.57 Å². The Kier molecular flexibility index (Phi) is 5.71. The number of fused-ring (bicyclic) bond motifs is 13. The molecule has 8 aromatic carbocycles. The zero-order chi connectivity index (χ0) is 34.6. The third-order valence-electron chi connectivity index (χ3n) is 10.9. The van der Waals surface area contributed by atoms with E-state index in [1.165, 1.54) is 16.2 Å². The van der Waals surface area contributed by atoms with Crippen molar-refractivity contribution < 1.29 is 4.42 Å². The molecule has 0 unspecified atom stereocenters. The van der Waals surface area contributed by atoms with Crippen LogP contribution in [0.15, 0.2) is 174 Å². The number of benzene rings is 8. The molecule has 0 aliphatic heterocycles. The summed E-state index contributed by atoms with van der Waals surface area (Å²) < 4.78 is 11.2. The third-order valence-corrected chi connectivity index (χ3v) is 10.9. The highest BCUT2D eigenvalue weighted by atomic mass is 16.3. The second-order valence-corrected chi connectivity index (χ2v) is 13.8. The molecule has 0 bridgehead atoms. The Morgan fingerprint density at radius 1 is 0.415 bits per heavy atom. The summed E-state index contributed by atoms with van der Waals surface area (Å²) in [7, 11) is 0. The second kappa shape index (κ2) is 10.6. The van der Waals surface area contributed by atoms with Crippen molar-refractivity contribution >= 4 is 87.2 Å². The molecule has 12 rings (SSSR count). The van der Waals surface area contributed by atoms with Crippen LogP contribution >= 0.6 is 0 Å². The van der Waals surface area contributed by atoms with Gasteiger partial charge in [0.1, 0.15) is 11.2 Å². The normalized spacial score (nSPS) is 12.2. The van der Waals surface area contributed by atoms with Gasteiger partial charge in [-0.25, -0.2) is 9.97 Å². The van der Waals surface area contributed by atoms with E-state index in [9.17, 15) is 0 Å². The Bertz CT molecular complexity index is 3460. The molecule has 0 amide bonds. The average Bonchev–Trinajstić information content (AvgIpc) is 3.88. The quantitative estimate of drug-likeness (QED) is 0.187. The molecule has 5 nitrogen and oxygen atoms in total. The van der Waals surface area contributed by atoms with Crippen molar-refractivity contribution in [1.29, 1.82) is 0 Å². The number of nitrogens with zero attached hydrogens (tertiary/aromatic N) is 4. The van der Waals surface area contributed by atoms with E-state index in [2.05, 4.69) is 167 Å². The summed E-state index contributed by atoms with van der Waals surface area (Å²) in [4.78, 5) is 11.0. The van der Waals surface area contributed by atoms with Gasteiger partial charge in [-0.2, -0.15) is 0 Å². The molecule has 0 N–H and O–H groups in total. The zero-order valence-electron chi connectivity index (χ0n) is 28.4. The van der Waals surface area contributed by atoms with Crippen molar-refractivity contribution in [3.05, 3.63) is 170 Å². The minimum atomic E-state index is 0.619. The third kappa shape index (κ3) is 3.96. The van der Waals surface area contributed by atoms with E-state index in [-0.39, 0.29) is 0 Å². The van der Waals surface area contributed by atoms with Crippen LogP contribution in [0.4, 0.5) is 0 Å². The molecule has 0 aliphatic carbocycles. The first kappa shape index (κ1) is 28.5. The first-order valence-electron chi connectivity index (χ1n) is 17.9. The molecule has 0 saturated carbocycles. The van der Waals surface area contributed by atoms with Crippen LogP contribution in [0.3, 0.4) is 0 Å². The Labute approximate surface area is 302 Å². The topological polar surface area (TPSA) is 48.8 Å². The van der Waals surface area contributed by atoms with E-state index < -0.39 is 0 Å². The number of rotatable bonds is 3. The minimum absolute atomic E-state index is 0.619. The summed E-state index contributed by atoms with van der Waals surface area (Å²) in [6, 6.07) is 59.9. The molecule has 53 heavy (non-hydrogen) atoms. The summed E-state index contributed by atoms with van der Waals surface area (Å²) in [6.45, 7) is 0. The van der Waals surface area contributed by atoms with Crippen LogP contribution in [0.2, 0.25) is 0 Å². The minimum Gasteiger partial charge on any atom is -0.456 e. The number of hydrogen-bond donors (Lipinski definition) is 0. The highest BCUT2D eigenvalue weighted by Crippen LogP contribution is 2.45. The molecular formula is C48H28N4O. The summed E-state index contributed by atoms with van der Waals surface area (Å²) >= 11 is 0. The van der Waals surface area contributed by atoms with Crippen molar-refractivity contribution in [2.45, 2.75) is 0 Å². The Balaban J connectivity index is 1.31. The van der Waals surface area contributed by atoms with Crippen LogP contribution in [0.5, 0.6) is 0 Å². The van der Waals surface area contributed by atoms with E-state index in [0.29, 0.717) is 5.95 Å². The van der Waals surface area contributed by atoms with Crippen LogP contribution in [0.1, 0.15) is 0 Å². The predicted molar refractivity (Wildman–Crippen MR) is 218 cm³/mol. The van der Waals surface area contributed by atoms with Crippen molar-refractivity contribution in [2.75, 3.05) is 0 Å². The van der Waals surface area contributed by atoms with Gasteiger partial charge in [0.15, 0.2) is 0 Å². The predicted octanol–water partition coefficient (Wildman–Crippen LogP) is 12.5. The molecule has 0 radical (unpaired) electrons. The Hall–Kier alpha value is -7.24. The first-order valence-corrected chi connectivity index (χ1v) is 17.9. The lowest BCUT2D eigenvalue weighted by Gasteiger charge is -2.13. The fraction of sp³-hybridized carbons (Fsp3) is 0. The van der Waals surface area contributed by atoms with Gasteiger partial charge >= 0.3 is 0 Å². The van der Waals surface area contributed by atoms with Crippen LogP contribution < -0.4 is 0 Å². The standard InChI is InChI=1S/C48H28N4O/c1-2-14-32(15-3-1)51-39-20-10-7-17-36(39)43-40(51)26-24-33-34-25-27-42-44(37-18-8-11-21-41(37)53-42)47(34)52(46(33)43)48-49-38-19-9-6-16-35(38)45(50-48)31-23-22-29-12-4-5-13-30(29)28-31/h1-28H. The SMILES string of the molecule is c1ccc(-n2c3ccccc3c3c2ccc2c4ccc5oc6ccccc6c5c4n(-c4nc(-c5ccc6ccccc6c5)c5ccccc5n4)c23)cc1. The van der Waals surface area contributed by atoms with Gasteiger partial charge < -0.3 is 8.98 Å². The molecule has 0 atom stereocenters. The van der Waals surface area contributed by atoms with Gasteiger partial charge in [0.05, 0.1) is 38.7 Å². The highest BCUT2D eigenvalue weighted by Gasteiger charge is 2.25. The smallest absolute Gasteiger partial charge is 0.235 e. The first-order chi connectivity index (χ1) is 26.3. The lowest BCUT2D eigenvalue weighted by atomic mass is 10.0. The maximum atomic E-state index is 6.51. The largest absolute Gasteiger partial charge is 0.456 e. The molecular weight excluding hydrogens is 649 g/mol. The van der Waals surface area contributed by atoms with Crippen LogP contribution in [0, 0.1) is 0 Å². The molecule has 0 fully saturated rings. The van der Waals surface area contributed by atoms with E-state index in [4.69, 9.17) is 14.4 Å². The molecule has 246 valence electrons. The van der Waals surface area contributed by atoms with Crippen LogP contribution in [0.25, 0.3) is 110 Å². The molecule has 0 aliphatic rings. The Morgan fingerprint density at radius 2 is 1.11 bits per heavy atom. The van der Waals surface area contributed by atoms with E-state index >= 15 is 0 Å². The fourth-order valence-electron chi connectivity index (χ4n) is 8.63. The van der Waals surface area contributed by atoms with Gasteiger partial charge in [0.25, 0.3) is 0 Å². The number of aromatic nitrogens is 4. The van der Waals surface area contributed by atoms with E-state index in [1.807, 2.05) is 12.1 Å². The second-order valence-electron chi connectivity index (χ2n) is 13.8. The van der Waals surface area contributed by atoms with Crippen molar-refractivity contribution in [3.63, 3.8) is 0 Å². The maximum Gasteiger partial charge on any atom is 0.235 e. The highest BCUT2D eigenvalue weighted by molar-refractivity contribution is 6.30. The zero-order valence-corrected chi connectivity index (χ0v) is 28.4. The van der Waals surface area contributed by atoms with Gasteiger partial charge in [-0.05, 0) is 65.4 Å². The summed E-state index contributed by atoms with van der Waals surface area (Å²) in [5, 5.41) is 10.1. The lowest BCUT2D eigenvalue weighted by molar-refractivity contribution is 0.669. The van der Waals surface area contributed by atoms with Crippen molar-refractivity contribution in [1.82, 2.24) is 19.1 Å². The summed E-state index contributed by atoms with van der Waals surface area (Å²) in [5.74, 6) is 0.619. The molecule has 0 saturated heterocycles. The van der Waals surface area contributed by atoms with Gasteiger partial charge in [-0.15, -0.1) is 0 Å². The molecule has 4 heterocycles. The monoisotopic (exact) mass is 676 g/mol. The number of para-hydroxylation sites is 4. The van der Waals surface area contributed by atoms with E-state index in [1.54, 1.807) is 0 Å². The summed E-state index contributed by atoms with van der Waals surface area (Å²) in [5.41, 5.74) is 10.0. The number of furan rings is 1. The fourth-order valence-corrected chi connectivity index (χ4v) is 8.63. The van der Waals surface area contributed by atoms with E-state index in [0.717, 1.165) is 88.0 Å². The van der Waals surface area contributed by atoms with Crippen LogP contribution in [-0.2, 0) is 0 Å². The molecule has 5 heteroatoms. The number of hydrogen-bond acceptors (Lipinski definition) is 3. The van der Waals surface area contributed by atoms with Crippen molar-refractivity contribution in [2.24, 2.45) is 0 Å².